The van der Waals surface area contributed by atoms with Crippen LogP contribution in [0, 0.1) is 5.92 Å². The van der Waals surface area contributed by atoms with Crippen molar-refractivity contribution in [3.8, 4) is 5.75 Å². The van der Waals surface area contributed by atoms with E-state index in [0.29, 0.717) is 18.3 Å². The topological polar surface area (TPSA) is 71.5 Å². The maximum Gasteiger partial charge on any atom is 0.231 e. The number of carbonyl (C=O) groups is 2. The first kappa shape index (κ1) is 16.4. The summed E-state index contributed by atoms with van der Waals surface area (Å²) < 4.78 is 5.54. The van der Waals surface area contributed by atoms with Crippen molar-refractivity contribution in [1.82, 2.24) is 4.98 Å². The first-order chi connectivity index (χ1) is 11.7. The molecule has 3 rings (SSSR count). The lowest BCUT2D eigenvalue weighted by atomic mass is 10.1. The van der Waals surface area contributed by atoms with E-state index in [1.807, 2.05) is 31.2 Å². The Labute approximate surface area is 144 Å². The highest BCUT2D eigenvalue weighted by Gasteiger charge is 2.35. The third kappa shape index (κ3) is 3.73. The number of benzene rings is 1. The molecule has 0 spiro atoms. The van der Waals surface area contributed by atoms with Crippen LogP contribution in [0.4, 0.5) is 10.8 Å². The molecule has 1 atom stereocenters. The highest BCUT2D eigenvalue weighted by Crippen LogP contribution is 2.27. The molecule has 1 N–H and O–H groups in total. The zero-order valence-electron chi connectivity index (χ0n) is 13.4. The van der Waals surface area contributed by atoms with Gasteiger partial charge in [-0.15, -0.1) is 11.3 Å². The number of nitrogens with zero attached hydrogens (tertiary/aromatic N) is 2. The van der Waals surface area contributed by atoms with E-state index in [4.69, 9.17) is 4.74 Å². The maximum absolute atomic E-state index is 12.3. The van der Waals surface area contributed by atoms with Gasteiger partial charge < -0.3 is 15.0 Å². The van der Waals surface area contributed by atoms with Gasteiger partial charge in [0.15, 0.2) is 5.13 Å². The molecule has 2 aromatic rings. The Morgan fingerprint density at radius 3 is 2.88 bits per heavy atom. The van der Waals surface area contributed by atoms with Gasteiger partial charge in [-0.05, 0) is 30.7 Å². The van der Waals surface area contributed by atoms with Crippen LogP contribution < -0.4 is 15.0 Å². The van der Waals surface area contributed by atoms with Crippen LogP contribution >= 0.6 is 11.3 Å². The highest BCUT2D eigenvalue weighted by molar-refractivity contribution is 7.13. The maximum atomic E-state index is 12.3. The number of nitrogens with one attached hydrogen (secondary N) is 1. The Balaban J connectivity index is 1.63. The molecule has 1 fully saturated rings. The van der Waals surface area contributed by atoms with Gasteiger partial charge in [0.1, 0.15) is 5.75 Å². The number of hydrogen-bond donors (Lipinski definition) is 1. The molecule has 0 saturated carbocycles. The molecule has 1 aliphatic heterocycles. The van der Waals surface area contributed by atoms with Crippen LogP contribution in [-0.2, 0) is 9.59 Å². The number of hydrogen-bond acceptors (Lipinski definition) is 5. The summed E-state index contributed by atoms with van der Waals surface area (Å²) in [6, 6.07) is 7.40. The molecule has 7 heteroatoms. The predicted octanol–water partition coefficient (Wildman–Crippen LogP) is 2.92. The first-order valence-corrected chi connectivity index (χ1v) is 8.79. The van der Waals surface area contributed by atoms with E-state index in [1.165, 1.54) is 11.3 Å². The van der Waals surface area contributed by atoms with Crippen LogP contribution in [0.15, 0.2) is 35.8 Å². The van der Waals surface area contributed by atoms with Gasteiger partial charge in [-0.3, -0.25) is 9.59 Å². The Kier molecular flexibility index (Phi) is 5.10. The van der Waals surface area contributed by atoms with Crippen LogP contribution in [0.25, 0.3) is 0 Å². The number of rotatable bonds is 6. The van der Waals surface area contributed by atoms with Gasteiger partial charge in [0.25, 0.3) is 0 Å². The predicted molar refractivity (Wildman–Crippen MR) is 93.4 cm³/mol. The van der Waals surface area contributed by atoms with Gasteiger partial charge in [-0.1, -0.05) is 6.92 Å². The summed E-state index contributed by atoms with van der Waals surface area (Å²) in [6.45, 7) is 3.10. The molecule has 1 unspecified atom stereocenters. The third-order valence-electron chi connectivity index (χ3n) is 3.78. The minimum atomic E-state index is -0.364. The normalized spacial score (nSPS) is 17.1. The van der Waals surface area contributed by atoms with Crippen LogP contribution in [0.5, 0.6) is 5.75 Å². The van der Waals surface area contributed by atoms with Crippen LogP contribution in [0.2, 0.25) is 0 Å². The Morgan fingerprint density at radius 1 is 1.42 bits per heavy atom. The summed E-state index contributed by atoms with van der Waals surface area (Å²) >= 11 is 1.36. The van der Waals surface area contributed by atoms with E-state index in [-0.39, 0.29) is 24.2 Å². The average molecular weight is 345 g/mol. The number of aromatic nitrogens is 1. The van der Waals surface area contributed by atoms with Crippen molar-refractivity contribution in [2.24, 2.45) is 5.92 Å². The fraction of sp³-hybridized carbons (Fsp3) is 0.353. The Bertz CT molecular complexity index is 700. The van der Waals surface area contributed by atoms with E-state index >= 15 is 0 Å². The number of thiazole rings is 1. The zero-order valence-corrected chi connectivity index (χ0v) is 14.2. The van der Waals surface area contributed by atoms with Gasteiger partial charge in [0.05, 0.1) is 12.5 Å². The summed E-state index contributed by atoms with van der Waals surface area (Å²) in [5, 5.41) is 5.11. The van der Waals surface area contributed by atoms with Gasteiger partial charge in [0, 0.05) is 30.2 Å². The number of ether oxygens (including phenoxy) is 1. The van der Waals surface area contributed by atoms with Gasteiger partial charge in [-0.25, -0.2) is 4.98 Å². The van der Waals surface area contributed by atoms with Gasteiger partial charge in [0.2, 0.25) is 11.8 Å². The standard InChI is InChI=1S/C17H19N3O3S/c1-2-8-23-14-5-3-13(4-6-14)20-11-12(10-15(20)21)16(22)19-17-18-7-9-24-17/h3-7,9,12H,2,8,10-11H2,1H3,(H,18,19,22). The van der Waals surface area contributed by atoms with Crippen molar-refractivity contribution in [3.63, 3.8) is 0 Å². The molecule has 1 aromatic heterocycles. The molecular formula is C17H19N3O3S. The lowest BCUT2D eigenvalue weighted by molar-refractivity contribution is -0.122. The second kappa shape index (κ2) is 7.44. The molecule has 0 radical (unpaired) electrons. The van der Waals surface area contributed by atoms with Crippen molar-refractivity contribution < 1.29 is 14.3 Å². The minimum absolute atomic E-state index is 0.0449. The van der Waals surface area contributed by atoms with Crippen LogP contribution in [0.3, 0.4) is 0 Å². The average Bonchev–Trinajstić information content (AvgIpc) is 3.23. The molecular weight excluding hydrogens is 326 g/mol. The molecule has 24 heavy (non-hydrogen) atoms. The summed E-state index contributed by atoms with van der Waals surface area (Å²) in [6.07, 6.45) is 2.79. The Morgan fingerprint density at radius 2 is 2.21 bits per heavy atom. The van der Waals surface area contributed by atoms with Crippen molar-refractivity contribution in [2.75, 3.05) is 23.4 Å². The zero-order chi connectivity index (χ0) is 16.9. The number of anilines is 2. The summed E-state index contributed by atoms with van der Waals surface area (Å²) in [5.74, 6) is 0.211. The molecule has 1 aromatic carbocycles. The fourth-order valence-corrected chi connectivity index (χ4v) is 3.10. The highest BCUT2D eigenvalue weighted by atomic mass is 32.1. The second-order valence-corrected chi connectivity index (χ2v) is 6.47. The van der Waals surface area contributed by atoms with E-state index in [1.54, 1.807) is 16.5 Å². The molecule has 2 amide bonds. The minimum Gasteiger partial charge on any atom is -0.494 e. The monoisotopic (exact) mass is 345 g/mol. The molecule has 0 aliphatic carbocycles. The van der Waals surface area contributed by atoms with Gasteiger partial charge >= 0.3 is 0 Å². The smallest absolute Gasteiger partial charge is 0.231 e. The summed E-state index contributed by atoms with van der Waals surface area (Å²) in [7, 11) is 0. The third-order valence-corrected chi connectivity index (χ3v) is 4.47. The number of amides is 2. The lowest BCUT2D eigenvalue weighted by Gasteiger charge is -2.17. The van der Waals surface area contributed by atoms with Crippen LogP contribution in [0.1, 0.15) is 19.8 Å². The summed E-state index contributed by atoms with van der Waals surface area (Å²) in [4.78, 5) is 30.2. The van der Waals surface area contributed by atoms with Crippen molar-refractivity contribution in [3.05, 3.63) is 35.8 Å². The van der Waals surface area contributed by atoms with E-state index in [0.717, 1.165) is 17.9 Å². The van der Waals surface area contributed by atoms with Crippen molar-refractivity contribution >= 4 is 34.0 Å². The lowest BCUT2D eigenvalue weighted by Crippen LogP contribution is -2.28. The number of carbonyl (C=O) groups excluding carboxylic acids is 2. The molecule has 1 saturated heterocycles. The molecule has 6 nitrogen and oxygen atoms in total. The SMILES string of the molecule is CCCOc1ccc(N2CC(C(=O)Nc3nccs3)CC2=O)cc1. The molecule has 0 bridgehead atoms. The first-order valence-electron chi connectivity index (χ1n) is 7.91. The largest absolute Gasteiger partial charge is 0.494 e. The van der Waals surface area contributed by atoms with Crippen LogP contribution in [-0.4, -0.2) is 29.9 Å². The molecule has 1 aliphatic rings. The molecule has 2 heterocycles. The van der Waals surface area contributed by atoms with E-state index in [2.05, 4.69) is 10.3 Å². The van der Waals surface area contributed by atoms with Crippen molar-refractivity contribution in [2.45, 2.75) is 19.8 Å². The summed E-state index contributed by atoms with van der Waals surface area (Å²) in [5.41, 5.74) is 0.786. The van der Waals surface area contributed by atoms with E-state index < -0.39 is 0 Å². The quantitative estimate of drug-likeness (QED) is 0.874. The van der Waals surface area contributed by atoms with Gasteiger partial charge in [-0.2, -0.15) is 0 Å². The Hall–Kier alpha value is -2.41. The van der Waals surface area contributed by atoms with E-state index in [9.17, 15) is 9.59 Å². The van der Waals surface area contributed by atoms with Crippen molar-refractivity contribution in [1.29, 1.82) is 0 Å². The molecule has 126 valence electrons. The fourth-order valence-electron chi connectivity index (χ4n) is 2.57. The second-order valence-electron chi connectivity index (χ2n) is 5.57.